The fourth-order valence-corrected chi connectivity index (χ4v) is 4.14. The lowest BCUT2D eigenvalue weighted by Gasteiger charge is -2.15. The zero-order valence-electron chi connectivity index (χ0n) is 11.1. The summed E-state index contributed by atoms with van der Waals surface area (Å²) in [5, 5.41) is 0. The first-order valence-corrected chi connectivity index (χ1v) is 7.40. The number of hydrogen-bond donors (Lipinski definition) is 1. The number of fused-ring (bicyclic) bond motifs is 2. The van der Waals surface area contributed by atoms with E-state index in [2.05, 4.69) is 6.07 Å². The molecule has 1 heterocycles. The molecule has 1 aromatic rings. The molecule has 0 radical (unpaired) electrons. The summed E-state index contributed by atoms with van der Waals surface area (Å²) < 4.78 is 0. The maximum Gasteiger partial charge on any atom is 0.226 e. The summed E-state index contributed by atoms with van der Waals surface area (Å²) in [7, 11) is 0. The van der Waals surface area contributed by atoms with Gasteiger partial charge in [0.15, 0.2) is 0 Å². The Labute approximate surface area is 113 Å². The standard InChI is InChI=1S/C16H20N2O/c17-12-6-5-10-8-18(9-11(10)7-12)16(19)15-13-3-1-2-4-14(13)15/h5-7,13-15H,1-4,8-9,17H2. The lowest BCUT2D eigenvalue weighted by molar-refractivity contribution is -0.133. The number of benzene rings is 1. The van der Waals surface area contributed by atoms with Crippen molar-refractivity contribution in [2.24, 2.45) is 17.8 Å². The van der Waals surface area contributed by atoms with Gasteiger partial charge in [-0.25, -0.2) is 0 Å². The first-order chi connectivity index (χ1) is 9.24. The van der Waals surface area contributed by atoms with Gasteiger partial charge in [-0.1, -0.05) is 18.9 Å². The molecule has 3 heteroatoms. The van der Waals surface area contributed by atoms with E-state index in [1.54, 1.807) is 0 Å². The number of carbonyl (C=O) groups excluding carboxylic acids is 1. The normalized spacial score (nSPS) is 31.8. The van der Waals surface area contributed by atoms with Crippen LogP contribution in [0.3, 0.4) is 0 Å². The molecule has 2 atom stereocenters. The van der Waals surface area contributed by atoms with Crippen molar-refractivity contribution in [1.29, 1.82) is 0 Å². The molecule has 2 fully saturated rings. The van der Waals surface area contributed by atoms with Crippen LogP contribution in [-0.4, -0.2) is 10.8 Å². The first-order valence-electron chi connectivity index (χ1n) is 7.40. The van der Waals surface area contributed by atoms with Crippen LogP contribution in [-0.2, 0) is 17.9 Å². The monoisotopic (exact) mass is 256 g/mol. The summed E-state index contributed by atoms with van der Waals surface area (Å²) in [5.74, 6) is 2.14. The summed E-state index contributed by atoms with van der Waals surface area (Å²) in [5.41, 5.74) is 9.12. The van der Waals surface area contributed by atoms with Crippen LogP contribution in [0.25, 0.3) is 0 Å². The van der Waals surface area contributed by atoms with Gasteiger partial charge < -0.3 is 10.6 Å². The Morgan fingerprint density at radius 2 is 1.79 bits per heavy atom. The van der Waals surface area contributed by atoms with Gasteiger partial charge in [0.2, 0.25) is 5.91 Å². The molecule has 0 spiro atoms. The highest BCUT2D eigenvalue weighted by molar-refractivity contribution is 5.83. The number of nitrogens with zero attached hydrogens (tertiary/aromatic N) is 1. The summed E-state index contributed by atoms with van der Waals surface area (Å²) in [6.07, 6.45) is 5.19. The predicted octanol–water partition coefficient (Wildman–Crippen LogP) is 2.55. The Balaban J connectivity index is 1.49. The Kier molecular flexibility index (Phi) is 2.38. The van der Waals surface area contributed by atoms with Crippen molar-refractivity contribution in [3.63, 3.8) is 0 Å². The average Bonchev–Trinajstić information content (AvgIpc) is 2.99. The van der Waals surface area contributed by atoms with Gasteiger partial charge in [-0.15, -0.1) is 0 Å². The number of nitrogens with two attached hydrogens (primary N) is 1. The fraction of sp³-hybridized carbons (Fsp3) is 0.562. The zero-order valence-corrected chi connectivity index (χ0v) is 11.1. The van der Waals surface area contributed by atoms with Crippen LogP contribution in [0.2, 0.25) is 0 Å². The van der Waals surface area contributed by atoms with E-state index in [9.17, 15) is 4.79 Å². The third kappa shape index (κ3) is 1.75. The van der Waals surface area contributed by atoms with Crippen LogP contribution in [0.5, 0.6) is 0 Å². The molecule has 4 rings (SSSR count). The van der Waals surface area contributed by atoms with Crippen molar-refractivity contribution < 1.29 is 4.79 Å². The third-order valence-corrected chi connectivity index (χ3v) is 5.21. The fourth-order valence-electron chi connectivity index (χ4n) is 4.14. The largest absolute Gasteiger partial charge is 0.399 e. The molecular weight excluding hydrogens is 236 g/mol. The molecule has 100 valence electrons. The molecule has 3 nitrogen and oxygen atoms in total. The van der Waals surface area contributed by atoms with Crippen molar-refractivity contribution in [1.82, 2.24) is 4.90 Å². The Morgan fingerprint density at radius 3 is 2.53 bits per heavy atom. The maximum atomic E-state index is 12.6. The molecule has 1 aliphatic heterocycles. The minimum Gasteiger partial charge on any atom is -0.399 e. The second kappa shape index (κ2) is 3.99. The minimum absolute atomic E-state index is 0.342. The van der Waals surface area contributed by atoms with Gasteiger partial charge >= 0.3 is 0 Å². The van der Waals surface area contributed by atoms with E-state index in [4.69, 9.17) is 5.73 Å². The SMILES string of the molecule is Nc1ccc2c(c1)CN(C(=O)C1C3CCCCC31)C2. The lowest BCUT2D eigenvalue weighted by atomic mass is 10.0. The average molecular weight is 256 g/mol. The van der Waals surface area contributed by atoms with Crippen LogP contribution in [0, 0.1) is 17.8 Å². The van der Waals surface area contributed by atoms with Gasteiger partial charge in [0, 0.05) is 24.7 Å². The van der Waals surface area contributed by atoms with Gasteiger partial charge in [-0.2, -0.15) is 0 Å². The highest BCUT2D eigenvalue weighted by Crippen LogP contribution is 2.56. The molecule has 0 aromatic heterocycles. The number of rotatable bonds is 1. The maximum absolute atomic E-state index is 12.6. The van der Waals surface area contributed by atoms with E-state index in [-0.39, 0.29) is 0 Å². The second-order valence-electron chi connectivity index (χ2n) is 6.36. The number of amides is 1. The second-order valence-corrected chi connectivity index (χ2v) is 6.36. The van der Waals surface area contributed by atoms with Crippen LogP contribution < -0.4 is 5.73 Å². The molecule has 1 aromatic carbocycles. The summed E-state index contributed by atoms with van der Waals surface area (Å²) in [4.78, 5) is 14.7. The van der Waals surface area contributed by atoms with Gasteiger partial charge in [-0.05, 0) is 47.9 Å². The van der Waals surface area contributed by atoms with Gasteiger partial charge in [0.25, 0.3) is 0 Å². The molecule has 0 bridgehead atoms. The smallest absolute Gasteiger partial charge is 0.226 e. The van der Waals surface area contributed by atoms with Crippen molar-refractivity contribution in [2.45, 2.75) is 38.8 Å². The molecule has 2 N–H and O–H groups in total. The van der Waals surface area contributed by atoms with E-state index < -0.39 is 0 Å². The molecule has 3 aliphatic rings. The molecule has 0 saturated heterocycles. The van der Waals surface area contributed by atoms with E-state index in [0.29, 0.717) is 23.7 Å². The van der Waals surface area contributed by atoms with Crippen molar-refractivity contribution in [3.05, 3.63) is 29.3 Å². The minimum atomic E-state index is 0.342. The van der Waals surface area contributed by atoms with Crippen LogP contribution in [0.4, 0.5) is 5.69 Å². The quantitative estimate of drug-likeness (QED) is 0.785. The Hall–Kier alpha value is -1.51. The number of nitrogen functional groups attached to an aromatic ring is 1. The first kappa shape index (κ1) is 11.3. The van der Waals surface area contributed by atoms with E-state index in [1.165, 1.54) is 36.8 Å². The Morgan fingerprint density at radius 1 is 1.11 bits per heavy atom. The van der Waals surface area contributed by atoms with Crippen LogP contribution >= 0.6 is 0 Å². The topological polar surface area (TPSA) is 46.3 Å². The van der Waals surface area contributed by atoms with Gasteiger partial charge in [-0.3, -0.25) is 4.79 Å². The Bertz CT molecular complexity index is 528. The van der Waals surface area contributed by atoms with Gasteiger partial charge in [0.1, 0.15) is 0 Å². The van der Waals surface area contributed by atoms with Crippen molar-refractivity contribution in [2.75, 3.05) is 5.73 Å². The summed E-state index contributed by atoms with van der Waals surface area (Å²) in [6.45, 7) is 1.54. The molecule has 2 aliphatic carbocycles. The summed E-state index contributed by atoms with van der Waals surface area (Å²) in [6, 6.07) is 6.02. The van der Waals surface area contributed by atoms with E-state index in [1.807, 2.05) is 17.0 Å². The van der Waals surface area contributed by atoms with Crippen molar-refractivity contribution in [3.8, 4) is 0 Å². The highest BCUT2D eigenvalue weighted by atomic mass is 16.2. The summed E-state index contributed by atoms with van der Waals surface area (Å²) >= 11 is 0. The molecule has 2 unspecified atom stereocenters. The van der Waals surface area contributed by atoms with Crippen LogP contribution in [0.1, 0.15) is 36.8 Å². The van der Waals surface area contributed by atoms with Gasteiger partial charge in [0.05, 0.1) is 0 Å². The number of anilines is 1. The van der Waals surface area contributed by atoms with E-state index >= 15 is 0 Å². The molecule has 19 heavy (non-hydrogen) atoms. The number of hydrogen-bond acceptors (Lipinski definition) is 2. The van der Waals surface area contributed by atoms with E-state index in [0.717, 1.165) is 18.8 Å². The third-order valence-electron chi connectivity index (χ3n) is 5.21. The molecular formula is C16H20N2O. The number of carbonyl (C=O) groups is 1. The molecule has 2 saturated carbocycles. The molecule has 1 amide bonds. The zero-order chi connectivity index (χ0) is 13.0. The predicted molar refractivity (Wildman–Crippen MR) is 74.0 cm³/mol. The highest BCUT2D eigenvalue weighted by Gasteiger charge is 2.56. The lowest BCUT2D eigenvalue weighted by Crippen LogP contribution is -2.27. The van der Waals surface area contributed by atoms with Crippen molar-refractivity contribution >= 4 is 11.6 Å². The van der Waals surface area contributed by atoms with Crippen LogP contribution in [0.15, 0.2) is 18.2 Å².